The molecule has 0 atom stereocenters. The molecule has 7 heteroatoms. The van der Waals surface area contributed by atoms with Gasteiger partial charge in [0.2, 0.25) is 5.91 Å². The molecule has 0 aliphatic rings. The van der Waals surface area contributed by atoms with Crippen molar-refractivity contribution in [1.29, 1.82) is 0 Å². The number of anilines is 2. The fourth-order valence-corrected chi connectivity index (χ4v) is 2.88. The zero-order valence-electron chi connectivity index (χ0n) is 16.0. The van der Waals surface area contributed by atoms with Gasteiger partial charge >= 0.3 is 5.97 Å². The fourth-order valence-electron chi connectivity index (χ4n) is 2.88. The van der Waals surface area contributed by atoms with Crippen molar-refractivity contribution in [2.24, 2.45) is 0 Å². The zero-order chi connectivity index (χ0) is 20.1. The Morgan fingerprint density at radius 1 is 1.07 bits per heavy atom. The maximum Gasteiger partial charge on any atom is 0.337 e. The van der Waals surface area contributed by atoms with Crippen LogP contribution in [-0.4, -0.2) is 35.3 Å². The quantitative estimate of drug-likeness (QED) is 0.643. The Hall–Kier alpha value is -3.61. The monoisotopic (exact) mass is 378 g/mol. The summed E-state index contributed by atoms with van der Waals surface area (Å²) in [6, 6.07) is 16.5. The summed E-state index contributed by atoms with van der Waals surface area (Å²) in [5, 5.41) is 10.4. The van der Waals surface area contributed by atoms with Gasteiger partial charge in [-0.3, -0.25) is 4.79 Å². The first-order valence-corrected chi connectivity index (χ1v) is 8.83. The second-order valence-electron chi connectivity index (χ2n) is 6.27. The van der Waals surface area contributed by atoms with E-state index < -0.39 is 5.97 Å². The number of hydrogen-bond acceptors (Lipinski definition) is 5. The number of aryl methyl sites for hydroxylation is 1. The van der Waals surface area contributed by atoms with E-state index in [1.807, 2.05) is 44.2 Å². The van der Waals surface area contributed by atoms with Gasteiger partial charge in [0.1, 0.15) is 0 Å². The van der Waals surface area contributed by atoms with Crippen molar-refractivity contribution in [3.8, 4) is 5.69 Å². The Bertz CT molecular complexity index is 996. The highest BCUT2D eigenvalue weighted by atomic mass is 16.5. The number of carbonyl (C=O) groups excluding carboxylic acids is 2. The Kier molecular flexibility index (Phi) is 5.74. The Labute approximate surface area is 163 Å². The topological polar surface area (TPSA) is 85.2 Å². The summed E-state index contributed by atoms with van der Waals surface area (Å²) in [7, 11) is 1.33. The van der Waals surface area contributed by atoms with Crippen molar-refractivity contribution >= 4 is 23.3 Å². The molecule has 3 aromatic rings. The van der Waals surface area contributed by atoms with Crippen LogP contribution in [0.5, 0.6) is 0 Å². The average molecular weight is 378 g/mol. The van der Waals surface area contributed by atoms with Crippen molar-refractivity contribution in [2.75, 3.05) is 24.3 Å². The van der Waals surface area contributed by atoms with Gasteiger partial charge in [0.25, 0.3) is 0 Å². The van der Waals surface area contributed by atoms with Gasteiger partial charge in [0.05, 0.1) is 42.0 Å². The van der Waals surface area contributed by atoms with Crippen LogP contribution in [0.15, 0.2) is 54.6 Å². The minimum atomic E-state index is -0.423. The number of methoxy groups -OCH3 is 1. The van der Waals surface area contributed by atoms with E-state index in [9.17, 15) is 9.59 Å². The van der Waals surface area contributed by atoms with Crippen LogP contribution in [0.3, 0.4) is 0 Å². The molecule has 2 N–H and O–H groups in total. The second kappa shape index (κ2) is 8.39. The number of nitrogens with one attached hydrogen (secondary N) is 2. The van der Waals surface area contributed by atoms with Crippen molar-refractivity contribution in [3.05, 3.63) is 71.5 Å². The third-order valence-electron chi connectivity index (χ3n) is 4.29. The van der Waals surface area contributed by atoms with E-state index in [2.05, 4.69) is 15.7 Å². The molecule has 0 radical (unpaired) electrons. The maximum absolute atomic E-state index is 12.4. The first-order chi connectivity index (χ1) is 13.5. The summed E-state index contributed by atoms with van der Waals surface area (Å²) < 4.78 is 6.51. The molecule has 0 saturated heterocycles. The van der Waals surface area contributed by atoms with Gasteiger partial charge in [-0.05, 0) is 44.2 Å². The summed E-state index contributed by atoms with van der Waals surface area (Å²) in [4.78, 5) is 24.0. The highest BCUT2D eigenvalue weighted by Gasteiger charge is 2.15. The molecular formula is C21H22N4O3. The van der Waals surface area contributed by atoms with Gasteiger partial charge in [-0.1, -0.05) is 24.3 Å². The number of hydrogen-bond donors (Lipinski definition) is 2. The van der Waals surface area contributed by atoms with Crippen molar-refractivity contribution in [2.45, 2.75) is 13.8 Å². The zero-order valence-corrected chi connectivity index (χ0v) is 16.0. The van der Waals surface area contributed by atoms with Crippen LogP contribution < -0.4 is 10.6 Å². The van der Waals surface area contributed by atoms with Crippen LogP contribution in [-0.2, 0) is 9.53 Å². The molecule has 0 fully saturated rings. The van der Waals surface area contributed by atoms with Gasteiger partial charge in [0, 0.05) is 5.69 Å². The van der Waals surface area contributed by atoms with E-state index in [1.54, 1.807) is 28.9 Å². The lowest BCUT2D eigenvalue weighted by Crippen LogP contribution is -2.22. The summed E-state index contributed by atoms with van der Waals surface area (Å²) in [6.45, 7) is 3.82. The van der Waals surface area contributed by atoms with Crippen LogP contribution in [0.2, 0.25) is 0 Å². The Morgan fingerprint density at radius 3 is 2.54 bits per heavy atom. The predicted molar refractivity (Wildman–Crippen MR) is 108 cm³/mol. The van der Waals surface area contributed by atoms with Gasteiger partial charge in [-0.25, -0.2) is 9.48 Å². The molecule has 2 aromatic carbocycles. The van der Waals surface area contributed by atoms with Crippen LogP contribution >= 0.6 is 0 Å². The summed E-state index contributed by atoms with van der Waals surface area (Å²) in [5.41, 5.74) is 4.29. The molecule has 0 unspecified atom stereocenters. The number of nitrogens with zero attached hydrogens (tertiary/aromatic N) is 2. The number of para-hydroxylation sites is 1. The van der Waals surface area contributed by atoms with E-state index in [0.29, 0.717) is 16.9 Å². The van der Waals surface area contributed by atoms with E-state index in [4.69, 9.17) is 4.74 Å². The lowest BCUT2D eigenvalue weighted by atomic mass is 10.2. The number of esters is 1. The molecule has 0 aliphatic carbocycles. The molecule has 144 valence electrons. The number of benzene rings is 2. The number of aromatic nitrogens is 2. The van der Waals surface area contributed by atoms with E-state index >= 15 is 0 Å². The third kappa shape index (κ3) is 4.20. The molecule has 0 bridgehead atoms. The number of rotatable bonds is 6. The van der Waals surface area contributed by atoms with E-state index in [0.717, 1.165) is 17.1 Å². The molecular weight excluding hydrogens is 356 g/mol. The molecule has 3 rings (SSSR count). The highest BCUT2D eigenvalue weighted by molar-refractivity contribution is 5.95. The number of amides is 1. The van der Waals surface area contributed by atoms with Crippen LogP contribution in [0, 0.1) is 13.8 Å². The summed E-state index contributed by atoms with van der Waals surface area (Å²) >= 11 is 0. The molecule has 7 nitrogen and oxygen atoms in total. The summed E-state index contributed by atoms with van der Waals surface area (Å²) in [6.07, 6.45) is 0. The van der Waals surface area contributed by atoms with Crippen LogP contribution in [0.1, 0.15) is 21.7 Å². The minimum Gasteiger partial charge on any atom is -0.465 e. The van der Waals surface area contributed by atoms with Gasteiger partial charge in [-0.15, -0.1) is 0 Å². The molecule has 0 spiro atoms. The average Bonchev–Trinajstić information content (AvgIpc) is 3.00. The minimum absolute atomic E-state index is 0.0556. The third-order valence-corrected chi connectivity index (χ3v) is 4.29. The maximum atomic E-state index is 12.4. The van der Waals surface area contributed by atoms with E-state index in [-0.39, 0.29) is 12.5 Å². The first-order valence-electron chi connectivity index (χ1n) is 8.83. The summed E-state index contributed by atoms with van der Waals surface area (Å²) in [5.74, 6) is -0.630. The Balaban J connectivity index is 1.68. The molecule has 1 amide bonds. The van der Waals surface area contributed by atoms with Gasteiger partial charge in [0.15, 0.2) is 0 Å². The fraction of sp³-hybridized carbons (Fsp3) is 0.190. The van der Waals surface area contributed by atoms with Crippen LogP contribution in [0.25, 0.3) is 5.69 Å². The predicted octanol–water partition coefficient (Wildman–Crippen LogP) is 3.33. The van der Waals surface area contributed by atoms with Gasteiger partial charge < -0.3 is 15.4 Å². The van der Waals surface area contributed by atoms with Gasteiger partial charge in [-0.2, -0.15) is 5.10 Å². The molecule has 28 heavy (non-hydrogen) atoms. The van der Waals surface area contributed by atoms with Crippen molar-refractivity contribution in [3.63, 3.8) is 0 Å². The Morgan fingerprint density at radius 2 is 1.82 bits per heavy atom. The van der Waals surface area contributed by atoms with Crippen molar-refractivity contribution in [1.82, 2.24) is 9.78 Å². The highest BCUT2D eigenvalue weighted by Crippen LogP contribution is 2.22. The second-order valence-corrected chi connectivity index (χ2v) is 6.27. The van der Waals surface area contributed by atoms with Crippen molar-refractivity contribution < 1.29 is 14.3 Å². The lowest BCUT2D eigenvalue weighted by Gasteiger charge is -2.09. The lowest BCUT2D eigenvalue weighted by molar-refractivity contribution is -0.114. The molecule has 1 heterocycles. The number of carbonyl (C=O) groups is 2. The largest absolute Gasteiger partial charge is 0.465 e. The molecule has 0 saturated carbocycles. The standard InChI is InChI=1S/C21H22N4O3/c1-14-20(15(2)25(24-14)18-10-5-4-6-11-18)23-19(26)13-22-17-9-7-8-16(12-17)21(27)28-3/h4-12,22H,13H2,1-3H3,(H,23,26). The molecule has 0 aliphatic heterocycles. The number of ether oxygens (including phenoxy) is 1. The van der Waals surface area contributed by atoms with Crippen LogP contribution in [0.4, 0.5) is 11.4 Å². The SMILES string of the molecule is COC(=O)c1cccc(NCC(=O)Nc2c(C)nn(-c3ccccc3)c2C)c1. The van der Waals surface area contributed by atoms with E-state index in [1.165, 1.54) is 7.11 Å². The smallest absolute Gasteiger partial charge is 0.337 e. The normalized spacial score (nSPS) is 10.4. The first kappa shape index (κ1) is 19.2. The molecule has 1 aromatic heterocycles.